The van der Waals surface area contributed by atoms with E-state index in [9.17, 15) is 0 Å². The van der Waals surface area contributed by atoms with Crippen molar-refractivity contribution in [1.29, 1.82) is 0 Å². The second-order valence-corrected chi connectivity index (χ2v) is 17.5. The Balaban J connectivity index is 1.31. The number of rotatable bonds is 5. The zero-order valence-electron chi connectivity index (χ0n) is 35.9. The van der Waals surface area contributed by atoms with Crippen molar-refractivity contribution >= 4 is 61.4 Å². The van der Waals surface area contributed by atoms with E-state index in [1.54, 1.807) is 14.2 Å². The molecule has 0 N–H and O–H groups in total. The molecule has 0 aliphatic carbocycles. The van der Waals surface area contributed by atoms with Crippen LogP contribution in [0.3, 0.4) is 0 Å². The van der Waals surface area contributed by atoms with Gasteiger partial charge >= 0.3 is 6.85 Å². The lowest BCUT2D eigenvalue weighted by Gasteiger charge is -2.35. The van der Waals surface area contributed by atoms with Gasteiger partial charge in [-0.1, -0.05) is 60.7 Å². The fraction of sp³-hybridized carbons (Fsp3) is 0.143. The number of ether oxygens (including phenoxy) is 2. The smallest absolute Gasteiger partial charge is 0.333 e. The summed E-state index contributed by atoms with van der Waals surface area (Å²) in [6.07, 6.45) is 0. The van der Waals surface area contributed by atoms with Gasteiger partial charge in [-0.05, 0) is 192 Å². The molecule has 0 fully saturated rings. The maximum Gasteiger partial charge on any atom is 0.333 e. The molecular formula is C56H45BN2O2. The lowest BCUT2D eigenvalue weighted by atomic mass is 9.45. The highest BCUT2D eigenvalue weighted by Gasteiger charge is 2.42. The molecule has 0 bridgehead atoms. The molecule has 0 radical (unpaired) electrons. The van der Waals surface area contributed by atoms with Crippen molar-refractivity contribution in [2.45, 2.75) is 41.5 Å². The molecule has 12 rings (SSSR count). The molecule has 0 atom stereocenters. The molecule has 0 unspecified atom stereocenters. The summed E-state index contributed by atoms with van der Waals surface area (Å²) in [4.78, 5) is 0. The van der Waals surface area contributed by atoms with E-state index in [-0.39, 0.29) is 6.85 Å². The lowest BCUT2D eigenvalue weighted by Crippen LogP contribution is -2.55. The molecule has 0 spiro atoms. The molecule has 2 aromatic heterocycles. The Bertz CT molecular complexity index is 3520. The maximum absolute atomic E-state index is 6.17. The van der Waals surface area contributed by atoms with Gasteiger partial charge in [-0.15, -0.1) is 0 Å². The van der Waals surface area contributed by atoms with Crippen molar-refractivity contribution in [3.63, 3.8) is 0 Å². The van der Waals surface area contributed by atoms with Gasteiger partial charge in [-0.25, -0.2) is 0 Å². The highest BCUT2D eigenvalue weighted by atomic mass is 16.5. The lowest BCUT2D eigenvalue weighted by molar-refractivity contribution is 0.415. The average molecular weight is 789 g/mol. The van der Waals surface area contributed by atoms with Crippen LogP contribution in [-0.2, 0) is 0 Å². The zero-order valence-corrected chi connectivity index (χ0v) is 35.9. The van der Waals surface area contributed by atoms with Crippen LogP contribution in [0.25, 0.3) is 93.8 Å². The van der Waals surface area contributed by atoms with Gasteiger partial charge in [-0.2, -0.15) is 0 Å². The minimum absolute atomic E-state index is 0.113. The number of aromatic nitrogens is 2. The van der Waals surface area contributed by atoms with Crippen molar-refractivity contribution in [3.05, 3.63) is 161 Å². The van der Waals surface area contributed by atoms with Gasteiger partial charge in [0.2, 0.25) is 0 Å². The van der Waals surface area contributed by atoms with Crippen LogP contribution in [0, 0.1) is 41.5 Å². The predicted octanol–water partition coefficient (Wildman–Crippen LogP) is 12.7. The third kappa shape index (κ3) is 4.83. The van der Waals surface area contributed by atoms with Gasteiger partial charge in [0.1, 0.15) is 11.5 Å². The predicted molar refractivity (Wildman–Crippen MR) is 257 cm³/mol. The van der Waals surface area contributed by atoms with Crippen LogP contribution < -0.4 is 20.4 Å². The van der Waals surface area contributed by atoms with E-state index in [0.29, 0.717) is 0 Å². The van der Waals surface area contributed by atoms with Crippen LogP contribution in [0.4, 0.5) is 0 Å². The number of hydrogen-bond donors (Lipinski definition) is 0. The third-order valence-electron chi connectivity index (χ3n) is 14.0. The van der Waals surface area contributed by atoms with Crippen LogP contribution in [0.15, 0.2) is 127 Å². The monoisotopic (exact) mass is 788 g/mol. The normalized spacial score (nSPS) is 12.6. The van der Waals surface area contributed by atoms with Gasteiger partial charge in [0.05, 0.1) is 25.3 Å². The maximum atomic E-state index is 6.17. The largest absolute Gasteiger partial charge is 0.497 e. The van der Waals surface area contributed by atoms with E-state index >= 15 is 0 Å². The summed E-state index contributed by atoms with van der Waals surface area (Å²) in [5, 5.41) is 4.85. The number of nitrogens with zero attached hydrogens (tertiary/aromatic N) is 2. The molecule has 294 valence electrons. The van der Waals surface area contributed by atoms with E-state index in [2.05, 4.69) is 178 Å². The Morgan fingerprint density at radius 1 is 0.426 bits per heavy atom. The van der Waals surface area contributed by atoms with E-state index < -0.39 is 0 Å². The number of fused-ring (bicyclic) bond motifs is 10. The van der Waals surface area contributed by atoms with E-state index in [0.717, 1.165) is 27.8 Å². The minimum atomic E-state index is -0.113. The van der Waals surface area contributed by atoms with Gasteiger partial charge in [0.25, 0.3) is 0 Å². The highest BCUT2D eigenvalue weighted by Crippen LogP contribution is 2.48. The van der Waals surface area contributed by atoms with Crippen LogP contribution in [0.1, 0.15) is 33.4 Å². The van der Waals surface area contributed by atoms with Crippen LogP contribution in [0.2, 0.25) is 0 Å². The fourth-order valence-corrected chi connectivity index (χ4v) is 11.5. The SMILES string of the molecule is COc1ccc2c(c1)c1cc(OC)cc3c1n2-c1cc(-c2c(C)cccc2C)cc2c1B3n1c3ccc(-c4c(C)cccc4C)cc3c3cc(-c4c(C)cccc4C)cc-2c31. The Kier molecular flexibility index (Phi) is 7.52. The number of methoxy groups -OCH3 is 2. The summed E-state index contributed by atoms with van der Waals surface area (Å²) in [6.45, 7) is 13.4. The number of aryl methyl sites for hydroxylation is 6. The summed E-state index contributed by atoms with van der Waals surface area (Å²) in [5.41, 5.74) is 26.5. The first-order chi connectivity index (χ1) is 29.6. The first-order valence-corrected chi connectivity index (χ1v) is 21.4. The number of hydrogen-bond acceptors (Lipinski definition) is 2. The highest BCUT2D eigenvalue weighted by molar-refractivity contribution is 6.90. The summed E-state index contributed by atoms with van der Waals surface area (Å²) in [5.74, 6) is 1.69. The quantitative estimate of drug-likeness (QED) is 0.163. The fourth-order valence-electron chi connectivity index (χ4n) is 11.5. The summed E-state index contributed by atoms with van der Waals surface area (Å²) < 4.78 is 17.2. The molecular weight excluding hydrogens is 743 g/mol. The zero-order chi connectivity index (χ0) is 41.6. The second-order valence-electron chi connectivity index (χ2n) is 17.5. The Hall–Kier alpha value is -6.98. The van der Waals surface area contributed by atoms with E-state index in [4.69, 9.17) is 9.47 Å². The van der Waals surface area contributed by atoms with E-state index in [1.807, 2.05) is 0 Å². The molecule has 0 saturated heterocycles. The van der Waals surface area contributed by atoms with Crippen molar-refractivity contribution in [2.24, 2.45) is 0 Å². The van der Waals surface area contributed by atoms with Crippen LogP contribution in [-0.4, -0.2) is 30.1 Å². The Morgan fingerprint density at radius 2 is 0.934 bits per heavy atom. The molecule has 4 nitrogen and oxygen atoms in total. The summed E-state index contributed by atoms with van der Waals surface area (Å²) in [7, 11) is 3.54. The van der Waals surface area contributed by atoms with Gasteiger partial charge in [0.15, 0.2) is 0 Å². The topological polar surface area (TPSA) is 28.3 Å². The second kappa shape index (κ2) is 12.8. The van der Waals surface area contributed by atoms with Gasteiger partial charge < -0.3 is 18.5 Å². The molecule has 0 amide bonds. The van der Waals surface area contributed by atoms with Crippen molar-refractivity contribution < 1.29 is 9.47 Å². The molecule has 8 aromatic carbocycles. The molecule has 5 heteroatoms. The third-order valence-corrected chi connectivity index (χ3v) is 14.0. The minimum Gasteiger partial charge on any atom is -0.497 e. The molecule has 4 heterocycles. The molecule has 2 aliphatic heterocycles. The van der Waals surface area contributed by atoms with Gasteiger partial charge in [0, 0.05) is 43.8 Å². The molecule has 0 saturated carbocycles. The Labute approximate surface area is 356 Å². The first-order valence-electron chi connectivity index (χ1n) is 21.4. The first kappa shape index (κ1) is 35.9. The van der Waals surface area contributed by atoms with Gasteiger partial charge in [-0.3, -0.25) is 0 Å². The molecule has 61 heavy (non-hydrogen) atoms. The molecule has 2 aliphatic rings. The summed E-state index contributed by atoms with van der Waals surface area (Å²) in [6, 6.07) is 48.2. The molecule has 10 aromatic rings. The van der Waals surface area contributed by atoms with Crippen LogP contribution >= 0.6 is 0 Å². The standard InChI is InChI=1S/C56H45BN2O2/c1-30-12-9-13-31(2)51(30)36-18-20-49-41(22-36)44-24-37(52-32(3)14-10-15-33(52)4)25-45-43-23-38(53-34(5)16-11-17-35(53)6)26-50-54(43)57(59(49)55(44)45)47-29-40(61-8)28-46-42-27-39(60-7)19-21-48(42)58(50)56(46)47/h9-29H,1-8H3. The van der Waals surface area contributed by atoms with E-state index in [1.165, 1.54) is 122 Å². The number of benzene rings is 8. The van der Waals surface area contributed by atoms with Crippen LogP contribution in [0.5, 0.6) is 11.5 Å². The van der Waals surface area contributed by atoms with Crippen molar-refractivity contribution in [2.75, 3.05) is 14.2 Å². The average Bonchev–Trinajstić information content (AvgIpc) is 3.76. The Morgan fingerprint density at radius 3 is 1.56 bits per heavy atom. The van der Waals surface area contributed by atoms with Crippen molar-refractivity contribution in [1.82, 2.24) is 9.05 Å². The summed E-state index contributed by atoms with van der Waals surface area (Å²) >= 11 is 0. The van der Waals surface area contributed by atoms with Crippen molar-refractivity contribution in [3.8, 4) is 61.7 Å².